The second-order valence-electron chi connectivity index (χ2n) is 3.96. The molecule has 0 saturated carbocycles. The Morgan fingerprint density at radius 1 is 0.577 bits per heavy atom. The molecule has 0 aliphatic heterocycles. The van der Waals surface area contributed by atoms with E-state index in [0.29, 0.717) is 0 Å². The summed E-state index contributed by atoms with van der Waals surface area (Å²) in [5.74, 6) is -27.2. The van der Waals surface area contributed by atoms with Gasteiger partial charge in [-0.25, -0.2) is 35.1 Å². The van der Waals surface area contributed by atoms with Crippen molar-refractivity contribution < 1.29 is 53.0 Å². The molecule has 146 valence electrons. The average molecular weight is 400 g/mol. The summed E-state index contributed by atoms with van der Waals surface area (Å²) in [6.07, 6.45) is -3.68. The maximum absolute atomic E-state index is 13.2. The SMILES string of the molecule is C=COCCC(F)=C(F)C(F)=C(F)C(F)=C(F)C(F)=C(F)C(F)=C(F)F. The van der Waals surface area contributed by atoms with Crippen molar-refractivity contribution in [1.29, 1.82) is 0 Å². The summed E-state index contributed by atoms with van der Waals surface area (Å²) in [5, 5.41) is 0. The van der Waals surface area contributed by atoms with Crippen LogP contribution in [0.5, 0.6) is 0 Å². The van der Waals surface area contributed by atoms with E-state index in [4.69, 9.17) is 0 Å². The first-order chi connectivity index (χ1) is 12.0. The zero-order chi connectivity index (χ0) is 20.6. The van der Waals surface area contributed by atoms with Crippen molar-refractivity contribution in [3.05, 3.63) is 71.4 Å². The number of ether oxygens (including phenoxy) is 1. The fraction of sp³-hybridized carbons (Fsp3) is 0.143. The monoisotopic (exact) mass is 400 g/mol. The molecule has 0 amide bonds. The first-order valence-corrected chi connectivity index (χ1v) is 6.11. The molecule has 0 heterocycles. The molecule has 0 N–H and O–H groups in total. The van der Waals surface area contributed by atoms with Gasteiger partial charge < -0.3 is 4.74 Å². The lowest BCUT2D eigenvalue weighted by Gasteiger charge is -2.03. The highest BCUT2D eigenvalue weighted by atomic mass is 19.3. The zero-order valence-electron chi connectivity index (χ0n) is 12.3. The van der Waals surface area contributed by atoms with Crippen molar-refractivity contribution in [3.8, 4) is 0 Å². The summed E-state index contributed by atoms with van der Waals surface area (Å²) in [4.78, 5) is 0. The maximum atomic E-state index is 13.2. The van der Waals surface area contributed by atoms with Gasteiger partial charge in [0.1, 0.15) is 5.83 Å². The van der Waals surface area contributed by atoms with Gasteiger partial charge >= 0.3 is 6.08 Å². The highest BCUT2D eigenvalue weighted by Crippen LogP contribution is 2.35. The summed E-state index contributed by atoms with van der Waals surface area (Å²) in [5.41, 5.74) is 0. The second kappa shape index (κ2) is 10.5. The molecule has 0 fully saturated rings. The van der Waals surface area contributed by atoms with Crippen LogP contribution in [0, 0.1) is 0 Å². The van der Waals surface area contributed by atoms with E-state index in [-0.39, 0.29) is 0 Å². The summed E-state index contributed by atoms with van der Waals surface area (Å²) in [7, 11) is 0. The molecule has 0 aromatic heterocycles. The molecular formula is C14H7F11O. The van der Waals surface area contributed by atoms with Crippen LogP contribution in [0.3, 0.4) is 0 Å². The Balaban J connectivity index is 5.99. The van der Waals surface area contributed by atoms with Crippen molar-refractivity contribution in [2.45, 2.75) is 6.42 Å². The van der Waals surface area contributed by atoms with Crippen LogP contribution < -0.4 is 0 Å². The van der Waals surface area contributed by atoms with Crippen LogP contribution in [0.1, 0.15) is 6.42 Å². The second-order valence-corrected chi connectivity index (χ2v) is 3.96. The number of rotatable bonds is 8. The molecule has 0 aliphatic carbocycles. The first kappa shape index (κ1) is 23.5. The van der Waals surface area contributed by atoms with Gasteiger partial charge in [0.05, 0.1) is 12.9 Å². The third-order valence-electron chi connectivity index (χ3n) is 2.31. The van der Waals surface area contributed by atoms with Gasteiger partial charge in [-0.05, 0) is 0 Å². The van der Waals surface area contributed by atoms with Gasteiger partial charge in [0, 0.05) is 6.42 Å². The quantitative estimate of drug-likeness (QED) is 0.181. The summed E-state index contributed by atoms with van der Waals surface area (Å²) < 4.78 is 145. The fourth-order valence-electron chi connectivity index (χ4n) is 1.12. The van der Waals surface area contributed by atoms with E-state index in [9.17, 15) is 48.3 Å². The van der Waals surface area contributed by atoms with E-state index in [2.05, 4.69) is 11.3 Å². The third kappa shape index (κ3) is 6.08. The van der Waals surface area contributed by atoms with Gasteiger partial charge in [0.25, 0.3) is 0 Å². The van der Waals surface area contributed by atoms with Crippen LogP contribution in [0.4, 0.5) is 48.3 Å². The Kier molecular flexibility index (Phi) is 9.44. The van der Waals surface area contributed by atoms with Crippen molar-refractivity contribution in [3.63, 3.8) is 0 Å². The van der Waals surface area contributed by atoms with E-state index in [1.165, 1.54) is 0 Å². The maximum Gasteiger partial charge on any atom is 0.308 e. The molecule has 0 aromatic carbocycles. The van der Waals surface area contributed by atoms with E-state index in [1.807, 2.05) is 0 Å². The predicted octanol–water partition coefficient (Wildman–Crippen LogP) is 7.22. The fourth-order valence-corrected chi connectivity index (χ4v) is 1.12. The van der Waals surface area contributed by atoms with Gasteiger partial charge in [-0.3, -0.25) is 0 Å². The van der Waals surface area contributed by atoms with Crippen LogP contribution >= 0.6 is 0 Å². The van der Waals surface area contributed by atoms with Crippen LogP contribution in [0.15, 0.2) is 71.4 Å². The first-order valence-electron chi connectivity index (χ1n) is 6.11. The molecule has 0 radical (unpaired) electrons. The number of halogens is 11. The van der Waals surface area contributed by atoms with Crippen LogP contribution in [-0.2, 0) is 4.74 Å². The van der Waals surface area contributed by atoms with E-state index in [1.54, 1.807) is 0 Å². The van der Waals surface area contributed by atoms with Crippen molar-refractivity contribution in [2.24, 2.45) is 0 Å². The standard InChI is InChI=1S/C14H7F11O/c1-2-26-4-3-5(15)6(16)7(17)8(18)9(19)10(20)11(21)12(22)13(23)14(24)25/h2H,1,3-4H2. The Bertz CT molecular complexity index is 708. The largest absolute Gasteiger partial charge is 0.501 e. The molecule has 0 bridgehead atoms. The highest BCUT2D eigenvalue weighted by molar-refractivity contribution is 5.40. The van der Waals surface area contributed by atoms with Gasteiger partial charge in [0.15, 0.2) is 11.7 Å². The van der Waals surface area contributed by atoms with E-state index < -0.39 is 71.6 Å². The number of allylic oxidation sites excluding steroid dienone is 8. The molecule has 0 saturated heterocycles. The topological polar surface area (TPSA) is 9.23 Å². The van der Waals surface area contributed by atoms with Crippen LogP contribution in [0.2, 0.25) is 0 Å². The summed E-state index contributed by atoms with van der Waals surface area (Å²) in [6, 6.07) is 0. The molecular weight excluding hydrogens is 393 g/mol. The predicted molar refractivity (Wildman–Crippen MR) is 68.1 cm³/mol. The van der Waals surface area contributed by atoms with E-state index >= 15 is 0 Å². The Morgan fingerprint density at radius 3 is 1.27 bits per heavy atom. The minimum atomic E-state index is -3.47. The lowest BCUT2D eigenvalue weighted by atomic mass is 10.2. The summed E-state index contributed by atoms with van der Waals surface area (Å²) >= 11 is 0. The Hall–Kier alpha value is -2.53. The molecule has 0 atom stereocenters. The van der Waals surface area contributed by atoms with Crippen LogP contribution in [0.25, 0.3) is 0 Å². The molecule has 0 rings (SSSR count). The lowest BCUT2D eigenvalue weighted by Crippen LogP contribution is -1.94. The zero-order valence-corrected chi connectivity index (χ0v) is 12.3. The number of hydrogen-bond donors (Lipinski definition) is 0. The molecule has 26 heavy (non-hydrogen) atoms. The van der Waals surface area contributed by atoms with Crippen molar-refractivity contribution in [1.82, 2.24) is 0 Å². The van der Waals surface area contributed by atoms with Crippen molar-refractivity contribution in [2.75, 3.05) is 6.61 Å². The smallest absolute Gasteiger partial charge is 0.308 e. The Morgan fingerprint density at radius 2 is 0.923 bits per heavy atom. The molecule has 0 spiro atoms. The molecule has 0 aliphatic rings. The van der Waals surface area contributed by atoms with E-state index in [0.717, 1.165) is 6.26 Å². The summed E-state index contributed by atoms with van der Waals surface area (Å²) in [6.45, 7) is 2.42. The minimum Gasteiger partial charge on any atom is -0.501 e. The normalized spacial score (nSPS) is 15.3. The van der Waals surface area contributed by atoms with Gasteiger partial charge in [-0.1, -0.05) is 6.58 Å². The van der Waals surface area contributed by atoms with Gasteiger partial charge in [-0.2, -0.15) is 13.2 Å². The molecule has 1 nitrogen and oxygen atoms in total. The average Bonchev–Trinajstić information content (AvgIpc) is 2.62. The molecule has 0 unspecified atom stereocenters. The van der Waals surface area contributed by atoms with Crippen molar-refractivity contribution >= 4 is 0 Å². The number of hydrogen-bond acceptors (Lipinski definition) is 1. The molecule has 12 heteroatoms. The molecule has 0 aromatic rings. The van der Waals surface area contributed by atoms with Crippen LogP contribution in [-0.4, -0.2) is 6.61 Å². The minimum absolute atomic E-state index is 0.604. The highest BCUT2D eigenvalue weighted by Gasteiger charge is 2.28. The lowest BCUT2D eigenvalue weighted by molar-refractivity contribution is 0.244. The Labute approximate surface area is 138 Å². The van der Waals surface area contributed by atoms with Gasteiger partial charge in [-0.15, -0.1) is 0 Å². The third-order valence-corrected chi connectivity index (χ3v) is 2.31. The van der Waals surface area contributed by atoms with Gasteiger partial charge in [0.2, 0.25) is 35.0 Å².